The van der Waals surface area contributed by atoms with Crippen LogP contribution in [-0.4, -0.2) is 33.3 Å². The zero-order valence-electron chi connectivity index (χ0n) is 14.9. The van der Waals surface area contributed by atoms with Gasteiger partial charge in [0.1, 0.15) is 16.9 Å². The normalized spacial score (nSPS) is 12.7. The first-order valence-electron chi connectivity index (χ1n) is 7.90. The number of aryl methyl sites for hydroxylation is 1. The monoisotopic (exact) mass is 478 g/mol. The van der Waals surface area contributed by atoms with Crippen LogP contribution in [0.5, 0.6) is 0 Å². The quantitative estimate of drug-likeness (QED) is 0.577. The molecule has 0 aliphatic carbocycles. The van der Waals surface area contributed by atoms with Crippen molar-refractivity contribution in [2.75, 3.05) is 5.75 Å². The van der Waals surface area contributed by atoms with Gasteiger partial charge >= 0.3 is 6.18 Å². The topological polar surface area (TPSA) is 86.8 Å². The molecule has 0 amide bonds. The third kappa shape index (κ3) is 3.24. The number of fused-ring (bicyclic) bond motifs is 1. The molecule has 0 saturated carbocycles. The van der Waals surface area contributed by atoms with Crippen molar-refractivity contribution in [1.82, 2.24) is 19.1 Å². The molecular formula is C16H14BrF3N4O3S. The van der Waals surface area contributed by atoms with Crippen LogP contribution in [0.3, 0.4) is 0 Å². The molecule has 3 rings (SSSR count). The number of hydrogen-bond acceptors (Lipinski definition) is 5. The van der Waals surface area contributed by atoms with Gasteiger partial charge in [-0.15, -0.1) is 0 Å². The average molecular weight is 479 g/mol. The average Bonchev–Trinajstić information content (AvgIpc) is 2.93. The first kappa shape index (κ1) is 20.5. The van der Waals surface area contributed by atoms with Gasteiger partial charge in [0.15, 0.2) is 15.7 Å². The summed E-state index contributed by atoms with van der Waals surface area (Å²) >= 11 is 3.16. The molecule has 3 heterocycles. The highest BCUT2D eigenvalue weighted by Crippen LogP contribution is 2.32. The number of aromatic nitrogens is 4. The van der Waals surface area contributed by atoms with Crippen LogP contribution in [0.25, 0.3) is 22.6 Å². The molecule has 12 heteroatoms. The van der Waals surface area contributed by atoms with Gasteiger partial charge in [0.05, 0.1) is 16.2 Å². The van der Waals surface area contributed by atoms with Crippen LogP contribution < -0.4 is 5.56 Å². The molecule has 150 valence electrons. The Bertz CT molecular complexity index is 1260. The fourth-order valence-electron chi connectivity index (χ4n) is 2.83. The summed E-state index contributed by atoms with van der Waals surface area (Å²) in [6, 6.07) is 2.10. The summed E-state index contributed by atoms with van der Waals surface area (Å²) in [5.41, 5.74) is -2.38. The van der Waals surface area contributed by atoms with Crippen LogP contribution in [0.4, 0.5) is 13.2 Å². The summed E-state index contributed by atoms with van der Waals surface area (Å²) in [4.78, 5) is 20.6. The van der Waals surface area contributed by atoms with E-state index in [2.05, 4.69) is 25.9 Å². The standard InChI is InChI=1S/C16H14BrF3N4O3S/c1-4-28(26,27)10-5-8(17)7-21-12(10)14-22-9-6-11(16(18,19)20)23(2)15(25)13(9)24(14)3/h5-7H,4H2,1-3H3. The van der Waals surface area contributed by atoms with Crippen molar-refractivity contribution in [3.05, 3.63) is 38.9 Å². The molecule has 0 atom stereocenters. The first-order chi connectivity index (χ1) is 12.9. The Morgan fingerprint density at radius 1 is 1.18 bits per heavy atom. The van der Waals surface area contributed by atoms with Crippen LogP contribution in [-0.2, 0) is 30.1 Å². The second kappa shape index (κ2) is 6.69. The summed E-state index contributed by atoms with van der Waals surface area (Å²) in [6.07, 6.45) is -3.39. The molecule has 0 fully saturated rings. The first-order valence-corrected chi connectivity index (χ1v) is 10.3. The number of halogens is 4. The van der Waals surface area contributed by atoms with Crippen molar-refractivity contribution in [3.63, 3.8) is 0 Å². The molecule has 0 aliphatic rings. The van der Waals surface area contributed by atoms with Gasteiger partial charge in [0.2, 0.25) is 0 Å². The van der Waals surface area contributed by atoms with Crippen LogP contribution in [0, 0.1) is 0 Å². The van der Waals surface area contributed by atoms with Gasteiger partial charge in [-0.3, -0.25) is 9.78 Å². The van der Waals surface area contributed by atoms with E-state index in [-0.39, 0.29) is 33.2 Å². The Morgan fingerprint density at radius 2 is 1.82 bits per heavy atom. The maximum atomic E-state index is 13.2. The van der Waals surface area contributed by atoms with Crippen molar-refractivity contribution in [3.8, 4) is 11.5 Å². The minimum atomic E-state index is -4.74. The lowest BCUT2D eigenvalue weighted by atomic mass is 10.3. The van der Waals surface area contributed by atoms with E-state index in [1.54, 1.807) is 0 Å². The Morgan fingerprint density at radius 3 is 2.39 bits per heavy atom. The van der Waals surface area contributed by atoms with Gasteiger partial charge in [0, 0.05) is 24.8 Å². The summed E-state index contributed by atoms with van der Waals surface area (Å²) in [5, 5.41) is 0. The lowest BCUT2D eigenvalue weighted by Crippen LogP contribution is -2.26. The van der Waals surface area contributed by atoms with E-state index >= 15 is 0 Å². The van der Waals surface area contributed by atoms with Crippen LogP contribution in [0.15, 0.2) is 32.5 Å². The zero-order chi connectivity index (χ0) is 21.0. The van der Waals surface area contributed by atoms with Gasteiger partial charge in [-0.1, -0.05) is 6.92 Å². The number of sulfone groups is 1. The highest BCUT2D eigenvalue weighted by molar-refractivity contribution is 9.10. The molecule has 7 nitrogen and oxygen atoms in total. The highest BCUT2D eigenvalue weighted by Gasteiger charge is 2.35. The fourth-order valence-corrected chi connectivity index (χ4v) is 4.37. The van der Waals surface area contributed by atoms with E-state index in [0.29, 0.717) is 9.04 Å². The molecule has 0 N–H and O–H groups in total. The minimum Gasteiger partial charge on any atom is -0.321 e. The Hall–Kier alpha value is -2.21. The summed E-state index contributed by atoms with van der Waals surface area (Å²) in [6.45, 7) is 1.46. The Balaban J connectivity index is 2.41. The molecule has 0 spiro atoms. The third-order valence-electron chi connectivity index (χ3n) is 4.30. The lowest BCUT2D eigenvalue weighted by Gasteiger charge is -2.11. The molecule has 28 heavy (non-hydrogen) atoms. The van der Waals surface area contributed by atoms with Crippen molar-refractivity contribution >= 4 is 36.8 Å². The van der Waals surface area contributed by atoms with Crippen molar-refractivity contribution in [2.24, 2.45) is 14.1 Å². The van der Waals surface area contributed by atoms with Gasteiger partial charge < -0.3 is 9.13 Å². The number of hydrogen-bond donors (Lipinski definition) is 0. The molecule has 0 saturated heterocycles. The Labute approximate surface area is 165 Å². The zero-order valence-corrected chi connectivity index (χ0v) is 17.3. The number of imidazole rings is 1. The van der Waals surface area contributed by atoms with E-state index in [1.807, 2.05) is 0 Å². The maximum absolute atomic E-state index is 13.2. The van der Waals surface area contributed by atoms with Gasteiger partial charge in [-0.25, -0.2) is 13.4 Å². The van der Waals surface area contributed by atoms with E-state index in [9.17, 15) is 26.4 Å². The molecule has 0 aliphatic heterocycles. The molecule has 3 aromatic rings. The predicted octanol–water partition coefficient (Wildman–Crippen LogP) is 2.91. The van der Waals surface area contributed by atoms with E-state index < -0.39 is 27.3 Å². The number of pyridine rings is 2. The van der Waals surface area contributed by atoms with Gasteiger partial charge in [0.25, 0.3) is 5.56 Å². The third-order valence-corrected chi connectivity index (χ3v) is 6.48. The van der Waals surface area contributed by atoms with Gasteiger partial charge in [-0.2, -0.15) is 13.2 Å². The number of rotatable bonds is 3. The van der Waals surface area contributed by atoms with Crippen LogP contribution in [0.2, 0.25) is 0 Å². The summed E-state index contributed by atoms with van der Waals surface area (Å²) < 4.78 is 66.7. The Kier molecular flexibility index (Phi) is 4.90. The molecule has 0 unspecified atom stereocenters. The molecular weight excluding hydrogens is 465 g/mol. The largest absolute Gasteiger partial charge is 0.431 e. The van der Waals surface area contributed by atoms with Crippen molar-refractivity contribution in [2.45, 2.75) is 18.0 Å². The van der Waals surface area contributed by atoms with Crippen LogP contribution in [0.1, 0.15) is 12.6 Å². The van der Waals surface area contributed by atoms with E-state index in [0.717, 1.165) is 13.1 Å². The van der Waals surface area contributed by atoms with E-state index in [1.165, 1.54) is 30.8 Å². The maximum Gasteiger partial charge on any atom is 0.431 e. The molecule has 0 radical (unpaired) electrons. The summed E-state index contributed by atoms with van der Waals surface area (Å²) in [5.74, 6) is -0.229. The fraction of sp³-hybridized carbons (Fsp3) is 0.312. The predicted molar refractivity (Wildman–Crippen MR) is 99.6 cm³/mol. The molecule has 0 bridgehead atoms. The highest BCUT2D eigenvalue weighted by atomic mass is 79.9. The second-order valence-electron chi connectivity index (χ2n) is 6.02. The van der Waals surface area contributed by atoms with Crippen molar-refractivity contribution < 1.29 is 21.6 Å². The number of nitrogens with zero attached hydrogens (tertiary/aromatic N) is 4. The second-order valence-corrected chi connectivity index (χ2v) is 9.19. The van der Waals surface area contributed by atoms with E-state index in [4.69, 9.17) is 0 Å². The van der Waals surface area contributed by atoms with Gasteiger partial charge in [-0.05, 0) is 28.1 Å². The molecule has 0 aromatic carbocycles. The lowest BCUT2D eigenvalue weighted by molar-refractivity contribution is -0.143. The SMILES string of the molecule is CCS(=O)(=O)c1cc(Br)cnc1-c1nc2cc(C(F)(F)F)n(C)c(=O)c2n1C. The number of alkyl halides is 3. The smallest absolute Gasteiger partial charge is 0.321 e. The summed E-state index contributed by atoms with van der Waals surface area (Å²) in [7, 11) is -1.27. The van der Waals surface area contributed by atoms with Crippen LogP contribution >= 0.6 is 15.9 Å². The molecule has 3 aromatic heterocycles. The minimum absolute atomic E-state index is 0.0223. The van der Waals surface area contributed by atoms with Crippen molar-refractivity contribution in [1.29, 1.82) is 0 Å².